The molecule has 4 N–H and O–H groups in total. The number of unbranched alkanes of at least 4 members (excludes halogenated alkanes) is 1. The molecule has 3 rings (SSSR count). The molecule has 0 aliphatic heterocycles. The van der Waals surface area contributed by atoms with Gasteiger partial charge in [0.05, 0.1) is 0 Å². The first-order chi connectivity index (χ1) is 24.0. The first-order valence-corrected chi connectivity index (χ1v) is 17.7. The topological polar surface area (TPSA) is 207 Å². The summed E-state index contributed by atoms with van der Waals surface area (Å²) in [6, 6.07) is -1.24. The molecule has 3 aliphatic carbocycles. The second kappa shape index (κ2) is 21.2. The maximum atomic E-state index is 13.8. The zero-order valence-corrected chi connectivity index (χ0v) is 28.7. The van der Waals surface area contributed by atoms with Gasteiger partial charge in [0, 0.05) is 38.5 Å². The van der Waals surface area contributed by atoms with Crippen molar-refractivity contribution >= 4 is 52.3 Å². The molecule has 4 unspecified atom stereocenters. The van der Waals surface area contributed by atoms with Gasteiger partial charge in [-0.1, -0.05) is 18.2 Å². The lowest BCUT2D eigenvalue weighted by molar-refractivity contribution is -0.145. The van der Waals surface area contributed by atoms with Crippen molar-refractivity contribution in [3.05, 3.63) is 36.5 Å². The van der Waals surface area contributed by atoms with E-state index in [2.05, 4.69) is 10.6 Å². The van der Waals surface area contributed by atoms with Crippen LogP contribution < -0.4 is 16.4 Å². The molecule has 3 fully saturated rings. The van der Waals surface area contributed by atoms with Crippen LogP contribution in [0.2, 0.25) is 0 Å². The smallest absolute Gasteiger partial charge is 0.253 e. The Morgan fingerprint density at radius 2 is 1.00 bits per heavy atom. The first kappa shape index (κ1) is 40.4. The Morgan fingerprint density at radius 3 is 1.42 bits per heavy atom. The third-order valence-electron chi connectivity index (χ3n) is 9.28. The number of carbonyl (C=O) groups is 9. The molecule has 13 heteroatoms. The molecule has 0 spiro atoms. The maximum Gasteiger partial charge on any atom is 0.253 e. The van der Waals surface area contributed by atoms with E-state index in [9.17, 15) is 43.2 Å². The molecule has 0 heterocycles. The zero-order chi connectivity index (χ0) is 36.5. The minimum atomic E-state index is -1.24. The number of nitrogens with one attached hydrogen (secondary N) is 2. The van der Waals surface area contributed by atoms with Gasteiger partial charge >= 0.3 is 0 Å². The number of ketones is 7. The molecule has 4 atom stereocenters. The summed E-state index contributed by atoms with van der Waals surface area (Å²) in [6.07, 6.45) is 12.1. The summed E-state index contributed by atoms with van der Waals surface area (Å²) in [5, 5.41) is 6.59. The summed E-state index contributed by atoms with van der Waals surface area (Å²) < 4.78 is 0. The summed E-state index contributed by atoms with van der Waals surface area (Å²) in [5.41, 5.74) is 5.51. The number of nitrogens with two attached hydrogens (primary N) is 1. The number of allylic oxidation sites excluding steroid dienone is 3. The molecule has 0 aromatic carbocycles. The number of imide groups is 1. The van der Waals surface area contributed by atoms with Gasteiger partial charge in [-0.15, -0.1) is 0 Å². The van der Waals surface area contributed by atoms with Crippen LogP contribution in [0.1, 0.15) is 83.5 Å². The summed E-state index contributed by atoms with van der Waals surface area (Å²) in [7, 11) is 0. The van der Waals surface area contributed by atoms with Crippen LogP contribution in [0.3, 0.4) is 0 Å². The van der Waals surface area contributed by atoms with Crippen molar-refractivity contribution in [2.45, 2.75) is 89.5 Å². The lowest BCUT2D eigenvalue weighted by atomic mass is 9.86. The van der Waals surface area contributed by atoms with E-state index in [1.54, 1.807) is 6.08 Å². The Morgan fingerprint density at radius 1 is 0.600 bits per heavy atom. The quantitative estimate of drug-likeness (QED) is 0.0998. The van der Waals surface area contributed by atoms with E-state index in [4.69, 9.17) is 5.73 Å². The van der Waals surface area contributed by atoms with E-state index in [1.807, 2.05) is 0 Å². The third kappa shape index (κ3) is 13.3. The number of carbonyl (C=O) groups excluding carboxylic acids is 9. The molecule has 0 aromatic rings. The molecule has 0 bridgehead atoms. The van der Waals surface area contributed by atoms with Gasteiger partial charge in [0.2, 0.25) is 0 Å². The van der Waals surface area contributed by atoms with Gasteiger partial charge < -0.3 is 16.4 Å². The predicted molar refractivity (Wildman–Crippen MR) is 183 cm³/mol. The zero-order valence-electron chi connectivity index (χ0n) is 28.7. The van der Waals surface area contributed by atoms with E-state index < -0.39 is 58.3 Å². The van der Waals surface area contributed by atoms with E-state index in [0.29, 0.717) is 38.9 Å². The third-order valence-corrected chi connectivity index (χ3v) is 9.28. The SMILES string of the molecule is NCCCNCCCCNCCC(C(=O)C=CC1CCC(=O)C(=O)C1)N(C(=O)C=CC1CCC(=O)C(=O)C1)C(=O)C=CC1CCC(=O)C(=O)C1. The molecule has 3 aliphatic rings. The van der Waals surface area contributed by atoms with Crippen molar-refractivity contribution in [3.63, 3.8) is 0 Å². The molecule has 272 valence electrons. The molecule has 13 nitrogen and oxygen atoms in total. The predicted octanol–water partition coefficient (Wildman–Crippen LogP) is 1.46. The standard InChI is InChI=1S/C37H50N4O9/c38-17-3-20-39-18-1-2-19-40-21-16-28(29(42)10-4-25-5-11-30(43)33(46)22-25)41(36(49)14-8-26-6-12-31(44)34(47)23-26)37(50)15-9-27-7-13-32(45)35(48)24-27/h4,8-10,14-15,25-28,39-40H,1-3,5-7,11-13,16-24,38H2. The van der Waals surface area contributed by atoms with E-state index in [-0.39, 0.29) is 62.7 Å². The van der Waals surface area contributed by atoms with Gasteiger partial charge in [-0.2, -0.15) is 0 Å². The van der Waals surface area contributed by atoms with Gasteiger partial charge in [-0.3, -0.25) is 48.1 Å². The van der Waals surface area contributed by atoms with Crippen LogP contribution >= 0.6 is 0 Å². The van der Waals surface area contributed by atoms with E-state index in [0.717, 1.165) is 49.4 Å². The van der Waals surface area contributed by atoms with Crippen LogP contribution in [0.25, 0.3) is 0 Å². The van der Waals surface area contributed by atoms with Crippen molar-refractivity contribution in [3.8, 4) is 0 Å². The summed E-state index contributed by atoms with van der Waals surface area (Å²) >= 11 is 0. The number of hydrogen-bond acceptors (Lipinski definition) is 12. The van der Waals surface area contributed by atoms with Crippen molar-refractivity contribution < 1.29 is 43.2 Å². The Labute approximate surface area is 292 Å². The Kier molecular flexibility index (Phi) is 17.1. The number of amides is 2. The lowest BCUT2D eigenvalue weighted by Gasteiger charge is -2.28. The number of nitrogens with zero attached hydrogens (tertiary/aromatic N) is 1. The van der Waals surface area contributed by atoms with Gasteiger partial charge in [0.1, 0.15) is 6.04 Å². The maximum absolute atomic E-state index is 13.8. The van der Waals surface area contributed by atoms with Crippen molar-refractivity contribution in [1.82, 2.24) is 15.5 Å². The average molecular weight is 695 g/mol. The lowest BCUT2D eigenvalue weighted by Crippen LogP contribution is -2.48. The summed E-state index contributed by atoms with van der Waals surface area (Å²) in [5.74, 6) is -6.09. The van der Waals surface area contributed by atoms with Crippen molar-refractivity contribution in [1.29, 1.82) is 0 Å². The normalized spacial score (nSPS) is 22.6. The highest BCUT2D eigenvalue weighted by molar-refractivity contribution is 6.38. The van der Waals surface area contributed by atoms with Crippen LogP contribution in [0, 0.1) is 17.8 Å². The molecular weight excluding hydrogens is 644 g/mol. The average Bonchev–Trinajstić information content (AvgIpc) is 3.09. The molecule has 0 saturated heterocycles. The minimum absolute atomic E-state index is 0.0197. The van der Waals surface area contributed by atoms with Crippen molar-refractivity contribution in [2.75, 3.05) is 32.7 Å². The largest absolute Gasteiger partial charge is 0.330 e. The van der Waals surface area contributed by atoms with E-state index in [1.165, 1.54) is 18.2 Å². The Bertz CT molecular complexity index is 1340. The van der Waals surface area contributed by atoms with Gasteiger partial charge in [-0.05, 0) is 114 Å². The second-order valence-corrected chi connectivity index (χ2v) is 13.2. The van der Waals surface area contributed by atoms with Crippen LogP contribution in [0.15, 0.2) is 36.5 Å². The highest BCUT2D eigenvalue weighted by atomic mass is 16.2. The first-order valence-electron chi connectivity index (χ1n) is 17.7. The number of Topliss-reactive ketones (excluding diaryl/α,β-unsaturated/α-hetero) is 6. The Hall–Kier alpha value is -4.07. The highest BCUT2D eigenvalue weighted by Gasteiger charge is 2.33. The minimum Gasteiger partial charge on any atom is -0.330 e. The fourth-order valence-corrected chi connectivity index (χ4v) is 6.19. The van der Waals surface area contributed by atoms with Crippen LogP contribution in [0.4, 0.5) is 0 Å². The van der Waals surface area contributed by atoms with Crippen LogP contribution in [0.5, 0.6) is 0 Å². The van der Waals surface area contributed by atoms with Crippen molar-refractivity contribution in [2.24, 2.45) is 23.5 Å². The highest BCUT2D eigenvalue weighted by Crippen LogP contribution is 2.24. The molecule has 0 aromatic heterocycles. The fourth-order valence-electron chi connectivity index (χ4n) is 6.19. The fraction of sp³-hybridized carbons (Fsp3) is 0.595. The summed E-state index contributed by atoms with van der Waals surface area (Å²) in [4.78, 5) is 113. The summed E-state index contributed by atoms with van der Waals surface area (Å²) in [6.45, 7) is 3.23. The molecule has 50 heavy (non-hydrogen) atoms. The van der Waals surface area contributed by atoms with E-state index >= 15 is 0 Å². The molecular formula is C37H50N4O9. The van der Waals surface area contributed by atoms with Gasteiger partial charge in [-0.25, -0.2) is 0 Å². The Balaban J connectivity index is 1.81. The second-order valence-electron chi connectivity index (χ2n) is 13.2. The number of rotatable bonds is 19. The molecule has 0 radical (unpaired) electrons. The van der Waals surface area contributed by atoms with Crippen LogP contribution in [-0.4, -0.2) is 96.0 Å². The number of hydrogen-bond donors (Lipinski definition) is 3. The van der Waals surface area contributed by atoms with Crippen LogP contribution in [-0.2, 0) is 43.2 Å². The molecule has 2 amide bonds. The van der Waals surface area contributed by atoms with Gasteiger partial charge in [0.25, 0.3) is 11.8 Å². The molecule has 3 saturated carbocycles. The van der Waals surface area contributed by atoms with Gasteiger partial charge in [0.15, 0.2) is 40.5 Å². The monoisotopic (exact) mass is 694 g/mol.